The molecule has 0 bridgehead atoms. The summed E-state index contributed by atoms with van der Waals surface area (Å²) in [6.45, 7) is 5.86. The van der Waals surface area contributed by atoms with Crippen molar-refractivity contribution in [2.24, 2.45) is 0 Å². The first-order valence-electron chi connectivity index (χ1n) is 7.09. The Hall–Kier alpha value is -1.95. The predicted octanol–water partition coefficient (Wildman–Crippen LogP) is 0.969. The summed E-state index contributed by atoms with van der Waals surface area (Å²) in [5, 5.41) is 2.90. The van der Waals surface area contributed by atoms with Gasteiger partial charge in [0.2, 0.25) is 5.91 Å². The second kappa shape index (κ2) is 6.22. The molecule has 1 aliphatic rings. The highest BCUT2D eigenvalue weighted by Crippen LogP contribution is 2.24. The van der Waals surface area contributed by atoms with E-state index in [4.69, 9.17) is 0 Å². The number of aromatic nitrogens is 1. The lowest BCUT2D eigenvalue weighted by Gasteiger charge is -2.43. The molecule has 1 N–H and O–H groups in total. The molecule has 21 heavy (non-hydrogen) atoms. The largest absolute Gasteiger partial charge is 0.464 e. The summed E-state index contributed by atoms with van der Waals surface area (Å²) < 4.78 is 4.68. The lowest BCUT2D eigenvalue weighted by molar-refractivity contribution is -0.137. The molecule has 0 aliphatic carbocycles. The van der Waals surface area contributed by atoms with Gasteiger partial charge in [0.15, 0.2) is 0 Å². The molecular formula is C15H21N3O3. The highest BCUT2D eigenvalue weighted by atomic mass is 16.5. The predicted molar refractivity (Wildman–Crippen MR) is 77.7 cm³/mol. The minimum Gasteiger partial charge on any atom is -0.464 e. The zero-order chi connectivity index (χ0) is 15.5. The van der Waals surface area contributed by atoms with Crippen LogP contribution in [0.1, 0.15) is 36.5 Å². The van der Waals surface area contributed by atoms with Gasteiger partial charge >= 0.3 is 5.97 Å². The molecule has 2 heterocycles. The van der Waals surface area contributed by atoms with E-state index in [1.54, 1.807) is 12.1 Å². The summed E-state index contributed by atoms with van der Waals surface area (Å²) >= 11 is 0. The Morgan fingerprint density at radius 2 is 2.29 bits per heavy atom. The van der Waals surface area contributed by atoms with Crippen LogP contribution in [0.5, 0.6) is 0 Å². The fraction of sp³-hybridized carbons (Fsp3) is 0.533. The number of methoxy groups -OCH3 is 1. The van der Waals surface area contributed by atoms with Crippen molar-refractivity contribution in [3.05, 3.63) is 29.6 Å². The van der Waals surface area contributed by atoms with Crippen LogP contribution in [-0.4, -0.2) is 47.5 Å². The van der Waals surface area contributed by atoms with Gasteiger partial charge in [-0.1, -0.05) is 13.0 Å². The maximum Gasteiger partial charge on any atom is 0.356 e. The van der Waals surface area contributed by atoms with E-state index in [0.29, 0.717) is 13.1 Å². The van der Waals surface area contributed by atoms with Crippen molar-refractivity contribution >= 4 is 11.9 Å². The minimum absolute atomic E-state index is 0.0420. The fourth-order valence-electron chi connectivity index (χ4n) is 2.50. The second-order valence-electron chi connectivity index (χ2n) is 5.31. The van der Waals surface area contributed by atoms with Crippen LogP contribution in [-0.2, 0) is 16.1 Å². The summed E-state index contributed by atoms with van der Waals surface area (Å²) in [6.07, 6.45) is 0.718. The van der Waals surface area contributed by atoms with E-state index in [1.165, 1.54) is 7.11 Å². The van der Waals surface area contributed by atoms with Crippen LogP contribution in [0.3, 0.4) is 0 Å². The molecule has 1 fully saturated rings. The number of pyridine rings is 1. The van der Waals surface area contributed by atoms with Crippen molar-refractivity contribution in [3.8, 4) is 0 Å². The molecule has 1 atom stereocenters. The van der Waals surface area contributed by atoms with Gasteiger partial charge in [-0.15, -0.1) is 0 Å². The second-order valence-corrected chi connectivity index (χ2v) is 5.31. The van der Waals surface area contributed by atoms with Crippen LogP contribution < -0.4 is 5.32 Å². The molecule has 6 nitrogen and oxygen atoms in total. The number of nitrogens with zero attached hydrogens (tertiary/aromatic N) is 2. The first kappa shape index (κ1) is 15.4. The number of carbonyl (C=O) groups excluding carboxylic acids is 2. The number of hydrogen-bond donors (Lipinski definition) is 1. The fourth-order valence-corrected chi connectivity index (χ4v) is 2.50. The number of piperazine rings is 1. The average molecular weight is 291 g/mol. The van der Waals surface area contributed by atoms with Gasteiger partial charge < -0.3 is 10.1 Å². The molecule has 1 aromatic heterocycles. The Labute approximate surface area is 124 Å². The van der Waals surface area contributed by atoms with Gasteiger partial charge in [-0.3, -0.25) is 9.69 Å². The highest BCUT2D eigenvalue weighted by Gasteiger charge is 2.40. The van der Waals surface area contributed by atoms with Gasteiger partial charge in [0.25, 0.3) is 0 Å². The molecular weight excluding hydrogens is 270 g/mol. The van der Waals surface area contributed by atoms with Crippen LogP contribution in [0.4, 0.5) is 0 Å². The molecule has 6 heteroatoms. The normalized spacial score (nSPS) is 22.7. The summed E-state index contributed by atoms with van der Waals surface area (Å²) in [5.41, 5.74) is 0.503. The molecule has 0 spiro atoms. The van der Waals surface area contributed by atoms with Crippen molar-refractivity contribution in [2.75, 3.05) is 20.2 Å². The van der Waals surface area contributed by atoms with Crippen molar-refractivity contribution < 1.29 is 14.3 Å². The maximum atomic E-state index is 12.1. The number of amides is 1. The summed E-state index contributed by atoms with van der Waals surface area (Å²) in [7, 11) is 1.33. The van der Waals surface area contributed by atoms with Crippen LogP contribution in [0.25, 0.3) is 0 Å². The third-order valence-electron chi connectivity index (χ3n) is 4.10. The van der Waals surface area contributed by atoms with Crippen LogP contribution in [0, 0.1) is 0 Å². The average Bonchev–Trinajstić information content (AvgIpc) is 2.51. The highest BCUT2D eigenvalue weighted by molar-refractivity contribution is 5.87. The van der Waals surface area contributed by atoms with Gasteiger partial charge in [-0.05, 0) is 25.5 Å². The SMILES string of the molecule is CC[C@@]1(C)C(=O)NCCN1Cc1cccc(C(=O)OC)n1. The number of esters is 1. The molecule has 2 rings (SSSR count). The zero-order valence-electron chi connectivity index (χ0n) is 12.7. The smallest absolute Gasteiger partial charge is 0.356 e. The van der Waals surface area contributed by atoms with Crippen molar-refractivity contribution in [3.63, 3.8) is 0 Å². The lowest BCUT2D eigenvalue weighted by Crippen LogP contribution is -2.62. The minimum atomic E-state index is -0.540. The zero-order valence-corrected chi connectivity index (χ0v) is 12.7. The Bertz CT molecular complexity index is 547. The first-order chi connectivity index (χ1) is 10.0. The molecule has 1 amide bonds. The van der Waals surface area contributed by atoms with Crippen molar-refractivity contribution in [1.29, 1.82) is 0 Å². The molecule has 1 aliphatic heterocycles. The van der Waals surface area contributed by atoms with Gasteiger partial charge in [-0.2, -0.15) is 0 Å². The Kier molecular flexibility index (Phi) is 4.57. The third kappa shape index (κ3) is 3.05. The van der Waals surface area contributed by atoms with Crippen LogP contribution >= 0.6 is 0 Å². The van der Waals surface area contributed by atoms with E-state index >= 15 is 0 Å². The van der Waals surface area contributed by atoms with Gasteiger partial charge in [0.1, 0.15) is 5.69 Å². The monoisotopic (exact) mass is 291 g/mol. The van der Waals surface area contributed by atoms with Crippen LogP contribution in [0.15, 0.2) is 18.2 Å². The summed E-state index contributed by atoms with van der Waals surface area (Å²) in [6, 6.07) is 5.26. The molecule has 114 valence electrons. The lowest BCUT2D eigenvalue weighted by atomic mass is 9.92. The van der Waals surface area contributed by atoms with E-state index in [-0.39, 0.29) is 11.6 Å². The number of ether oxygens (including phenoxy) is 1. The van der Waals surface area contributed by atoms with Crippen LogP contribution in [0.2, 0.25) is 0 Å². The number of rotatable bonds is 4. The standard InChI is InChI=1S/C15H21N3O3/c1-4-15(2)14(20)16-8-9-18(15)10-11-6-5-7-12(17-11)13(19)21-3/h5-7H,4,8-10H2,1-3H3,(H,16,20)/t15-/m0/s1. The molecule has 0 saturated carbocycles. The maximum absolute atomic E-state index is 12.1. The number of hydrogen-bond acceptors (Lipinski definition) is 5. The van der Waals surface area contributed by atoms with Crippen molar-refractivity contribution in [1.82, 2.24) is 15.2 Å². The quantitative estimate of drug-likeness (QED) is 0.837. The van der Waals surface area contributed by atoms with Gasteiger partial charge in [0.05, 0.1) is 18.3 Å². The van der Waals surface area contributed by atoms with E-state index in [2.05, 4.69) is 19.9 Å². The molecule has 0 aromatic carbocycles. The molecule has 1 aromatic rings. The summed E-state index contributed by atoms with van der Waals surface area (Å²) in [4.78, 5) is 30.1. The Morgan fingerprint density at radius 3 is 2.95 bits per heavy atom. The number of carbonyl (C=O) groups is 2. The van der Waals surface area contributed by atoms with E-state index in [9.17, 15) is 9.59 Å². The molecule has 0 radical (unpaired) electrons. The molecule has 1 saturated heterocycles. The summed E-state index contributed by atoms with van der Waals surface area (Å²) in [5.74, 6) is -0.410. The Balaban J connectivity index is 2.20. The van der Waals surface area contributed by atoms with Gasteiger partial charge in [0, 0.05) is 19.6 Å². The van der Waals surface area contributed by atoms with E-state index in [0.717, 1.165) is 18.7 Å². The van der Waals surface area contributed by atoms with Gasteiger partial charge in [-0.25, -0.2) is 9.78 Å². The first-order valence-corrected chi connectivity index (χ1v) is 7.09. The third-order valence-corrected chi connectivity index (χ3v) is 4.10. The van der Waals surface area contributed by atoms with E-state index < -0.39 is 11.5 Å². The molecule has 0 unspecified atom stereocenters. The topological polar surface area (TPSA) is 71.5 Å². The Morgan fingerprint density at radius 1 is 1.52 bits per heavy atom. The number of nitrogens with one attached hydrogen (secondary N) is 1. The van der Waals surface area contributed by atoms with Crippen molar-refractivity contribution in [2.45, 2.75) is 32.4 Å². The van der Waals surface area contributed by atoms with E-state index in [1.807, 2.05) is 19.9 Å².